The smallest absolute Gasteiger partial charge is 0.467 e. The van der Waals surface area contributed by atoms with E-state index in [0.29, 0.717) is 6.61 Å². The van der Waals surface area contributed by atoms with Gasteiger partial charge in [0.05, 0.1) is 18.3 Å². The van der Waals surface area contributed by atoms with Gasteiger partial charge in [-0.15, -0.1) is 14.1 Å². The van der Waals surface area contributed by atoms with E-state index in [1.54, 1.807) is 0 Å². The van der Waals surface area contributed by atoms with E-state index in [4.69, 9.17) is 23.5 Å². The molecule has 0 saturated carbocycles. The first-order valence-corrected chi connectivity index (χ1v) is 13.5. The van der Waals surface area contributed by atoms with Gasteiger partial charge in [0.25, 0.3) is 0 Å². The van der Waals surface area contributed by atoms with Crippen LogP contribution in [0.1, 0.15) is 38.1 Å². The molecule has 1 aliphatic heterocycles. The SMILES string of the molecule is COC(=O)c1cc(B2OC(C)(C)C(C)(C)O2)c(F)cc1OCOCC[Si-](C)(C)C. The fourth-order valence-electron chi connectivity index (χ4n) is 2.65. The Kier molecular flexibility index (Phi) is 7.20. The van der Waals surface area contributed by atoms with Gasteiger partial charge < -0.3 is 23.5 Å². The van der Waals surface area contributed by atoms with Crippen LogP contribution in [-0.2, 0) is 18.8 Å². The standard InChI is InChI=1S/C20H32BFO6Si/c1-19(2)20(3,4)28-21(27-19)15-11-14(18(23)24-5)17(12-16(15)22)26-13-25-9-10-29(6,7)8/h11-12H,9-10,13H2,1-8H3/q-1. The maximum absolute atomic E-state index is 14.9. The first kappa shape index (κ1) is 23.9. The van der Waals surface area contributed by atoms with Gasteiger partial charge in [-0.2, -0.15) is 19.6 Å². The zero-order valence-electron chi connectivity index (χ0n) is 18.7. The van der Waals surface area contributed by atoms with Gasteiger partial charge in [0.15, 0.2) is 6.79 Å². The molecule has 0 radical (unpaired) electrons. The summed E-state index contributed by atoms with van der Waals surface area (Å²) in [5.41, 5.74) is -1.05. The zero-order chi connectivity index (χ0) is 22.0. The van der Waals surface area contributed by atoms with Crippen molar-refractivity contribution >= 4 is 26.6 Å². The van der Waals surface area contributed by atoms with Crippen LogP contribution in [0.4, 0.5) is 4.39 Å². The summed E-state index contributed by atoms with van der Waals surface area (Å²) in [6.45, 7) is 14.7. The fraction of sp³-hybridized carbons (Fsp3) is 0.650. The normalized spacial score (nSPS) is 18.0. The van der Waals surface area contributed by atoms with Crippen molar-refractivity contribution in [2.24, 2.45) is 0 Å². The minimum absolute atomic E-state index is 0.0580. The van der Waals surface area contributed by atoms with E-state index >= 15 is 0 Å². The zero-order valence-corrected chi connectivity index (χ0v) is 19.7. The Balaban J connectivity index is 2.20. The van der Waals surface area contributed by atoms with E-state index in [2.05, 4.69) is 19.6 Å². The molecule has 6 nitrogen and oxygen atoms in total. The molecule has 29 heavy (non-hydrogen) atoms. The number of carbonyl (C=O) groups excluding carboxylic acids is 1. The van der Waals surface area contributed by atoms with Gasteiger partial charge in [0.1, 0.15) is 17.1 Å². The van der Waals surface area contributed by atoms with Crippen molar-refractivity contribution in [2.75, 3.05) is 20.5 Å². The number of halogens is 1. The number of hydrogen-bond donors (Lipinski definition) is 0. The van der Waals surface area contributed by atoms with Crippen molar-refractivity contribution in [2.45, 2.75) is 64.6 Å². The molecule has 1 saturated heterocycles. The molecule has 1 heterocycles. The molecule has 2 rings (SSSR count). The van der Waals surface area contributed by atoms with E-state index in [-0.39, 0.29) is 23.6 Å². The summed E-state index contributed by atoms with van der Waals surface area (Å²) in [5, 5.41) is 0. The highest BCUT2D eigenvalue weighted by Gasteiger charge is 2.52. The Morgan fingerprint density at radius 1 is 1.14 bits per heavy atom. The van der Waals surface area contributed by atoms with E-state index in [1.807, 2.05) is 27.7 Å². The lowest BCUT2D eigenvalue weighted by atomic mass is 9.77. The summed E-state index contributed by atoms with van der Waals surface area (Å²) >= 11 is 0. The van der Waals surface area contributed by atoms with Crippen molar-refractivity contribution in [3.8, 4) is 5.75 Å². The number of esters is 1. The van der Waals surface area contributed by atoms with Crippen LogP contribution in [0.2, 0.25) is 25.7 Å². The van der Waals surface area contributed by atoms with Gasteiger partial charge in [-0.25, -0.2) is 9.18 Å². The molecule has 1 aromatic carbocycles. The maximum atomic E-state index is 14.9. The molecule has 163 valence electrons. The monoisotopic (exact) mass is 426 g/mol. The molecule has 0 bridgehead atoms. The van der Waals surface area contributed by atoms with Crippen LogP contribution in [0.25, 0.3) is 0 Å². The molecular formula is C20H32BFO6Si-. The van der Waals surface area contributed by atoms with Crippen LogP contribution in [0.15, 0.2) is 12.1 Å². The Bertz CT molecular complexity index is 731. The number of ether oxygens (including phenoxy) is 3. The summed E-state index contributed by atoms with van der Waals surface area (Å²) < 4.78 is 42.5. The van der Waals surface area contributed by atoms with Gasteiger partial charge in [-0.1, -0.05) is 0 Å². The molecular weight excluding hydrogens is 394 g/mol. The molecule has 0 spiro atoms. The van der Waals surface area contributed by atoms with E-state index in [0.717, 1.165) is 12.1 Å². The first-order chi connectivity index (χ1) is 13.3. The Labute approximate surface area is 174 Å². The predicted octanol–water partition coefficient (Wildman–Crippen LogP) is 3.60. The van der Waals surface area contributed by atoms with Crippen LogP contribution >= 0.6 is 0 Å². The Morgan fingerprint density at radius 3 is 2.24 bits per heavy atom. The number of benzene rings is 1. The molecule has 0 N–H and O–H groups in total. The van der Waals surface area contributed by atoms with Crippen LogP contribution in [0.5, 0.6) is 5.75 Å². The second kappa shape index (κ2) is 8.75. The second-order valence-electron chi connectivity index (χ2n) is 9.43. The summed E-state index contributed by atoms with van der Waals surface area (Å²) in [6.07, 6.45) is 0. The number of carbonyl (C=O) groups is 1. The molecule has 0 aliphatic carbocycles. The van der Waals surface area contributed by atoms with Crippen LogP contribution < -0.4 is 10.2 Å². The summed E-state index contributed by atoms with van der Waals surface area (Å²) in [6, 6.07) is 3.49. The highest BCUT2D eigenvalue weighted by molar-refractivity contribution is 6.76. The van der Waals surface area contributed by atoms with E-state index in [1.165, 1.54) is 13.2 Å². The topological polar surface area (TPSA) is 63.2 Å². The molecule has 0 unspecified atom stereocenters. The summed E-state index contributed by atoms with van der Waals surface area (Å²) in [4.78, 5) is 12.2. The summed E-state index contributed by atoms with van der Waals surface area (Å²) in [5.74, 6) is -1.17. The number of hydrogen-bond acceptors (Lipinski definition) is 6. The van der Waals surface area contributed by atoms with Crippen molar-refractivity contribution < 1.29 is 32.7 Å². The third-order valence-electron chi connectivity index (χ3n) is 5.31. The van der Waals surface area contributed by atoms with Crippen LogP contribution in [0.3, 0.4) is 0 Å². The van der Waals surface area contributed by atoms with Crippen LogP contribution in [-0.4, -0.2) is 52.9 Å². The third kappa shape index (κ3) is 5.81. The lowest BCUT2D eigenvalue weighted by molar-refractivity contribution is 0.00578. The molecule has 1 fully saturated rings. The maximum Gasteiger partial charge on any atom is 0.497 e. The minimum atomic E-state index is -1.22. The Hall–Kier alpha value is -1.42. The van der Waals surface area contributed by atoms with Gasteiger partial charge in [0, 0.05) is 18.1 Å². The van der Waals surface area contributed by atoms with Gasteiger partial charge in [0.2, 0.25) is 0 Å². The van der Waals surface area contributed by atoms with Crippen LogP contribution in [0, 0.1) is 5.82 Å². The van der Waals surface area contributed by atoms with Crippen molar-refractivity contribution in [3.05, 3.63) is 23.5 Å². The fourth-order valence-corrected chi connectivity index (χ4v) is 3.41. The Morgan fingerprint density at radius 2 is 1.72 bits per heavy atom. The minimum Gasteiger partial charge on any atom is -0.467 e. The van der Waals surface area contributed by atoms with Crippen molar-refractivity contribution in [1.29, 1.82) is 0 Å². The average molecular weight is 426 g/mol. The molecule has 0 atom stereocenters. The highest BCUT2D eigenvalue weighted by Crippen LogP contribution is 2.37. The van der Waals surface area contributed by atoms with Gasteiger partial charge >= 0.3 is 13.1 Å². The highest BCUT2D eigenvalue weighted by atomic mass is 28.3. The quantitative estimate of drug-likeness (QED) is 0.274. The van der Waals surface area contributed by atoms with E-state index < -0.39 is 38.2 Å². The third-order valence-corrected chi connectivity index (χ3v) is 7.01. The average Bonchev–Trinajstić information content (AvgIpc) is 2.80. The second-order valence-corrected chi connectivity index (χ2v) is 15.1. The van der Waals surface area contributed by atoms with Gasteiger partial charge in [-0.3, -0.25) is 0 Å². The molecule has 0 amide bonds. The number of methoxy groups -OCH3 is 1. The molecule has 1 aliphatic rings. The van der Waals surface area contributed by atoms with Gasteiger partial charge in [-0.05, 0) is 33.8 Å². The molecule has 9 heteroatoms. The van der Waals surface area contributed by atoms with Crippen molar-refractivity contribution in [3.63, 3.8) is 0 Å². The van der Waals surface area contributed by atoms with E-state index in [9.17, 15) is 9.18 Å². The van der Waals surface area contributed by atoms with Crippen molar-refractivity contribution in [1.82, 2.24) is 0 Å². The largest absolute Gasteiger partial charge is 0.497 e. The lowest BCUT2D eigenvalue weighted by Crippen LogP contribution is -2.41. The number of rotatable bonds is 8. The lowest BCUT2D eigenvalue weighted by Gasteiger charge is -2.32. The predicted molar refractivity (Wildman–Crippen MR) is 113 cm³/mol. The molecule has 0 aromatic heterocycles. The summed E-state index contributed by atoms with van der Waals surface area (Å²) in [7, 11) is -0.900. The first-order valence-electron chi connectivity index (χ1n) is 9.75. The molecule has 1 aromatic rings.